The molecule has 0 saturated heterocycles. The Morgan fingerprint density at radius 3 is 2.45 bits per heavy atom. The molecule has 1 aliphatic rings. The molecule has 1 aliphatic heterocycles. The van der Waals surface area contributed by atoms with Crippen LogP contribution in [0.3, 0.4) is 0 Å². The van der Waals surface area contributed by atoms with Crippen molar-refractivity contribution in [1.82, 2.24) is 0 Å². The van der Waals surface area contributed by atoms with Crippen LogP contribution in [0, 0.1) is 0 Å². The third-order valence-electron chi connectivity index (χ3n) is 5.44. The van der Waals surface area contributed by atoms with E-state index in [1.807, 2.05) is 31.1 Å². The molecule has 1 atom stereocenters. The van der Waals surface area contributed by atoms with Gasteiger partial charge in [-0.2, -0.15) is 0 Å². The summed E-state index contributed by atoms with van der Waals surface area (Å²) in [6, 6.07) is 13.8. The average Bonchev–Trinajstić information content (AvgIpc) is 3.43. The number of nitrogens with zero attached hydrogens (tertiary/aromatic N) is 2. The van der Waals surface area contributed by atoms with E-state index < -0.39 is 23.5 Å². The van der Waals surface area contributed by atoms with E-state index in [1.165, 1.54) is 23.3 Å². The lowest BCUT2D eigenvalue weighted by molar-refractivity contribution is -0.117. The van der Waals surface area contributed by atoms with Crippen molar-refractivity contribution in [3.63, 3.8) is 0 Å². The van der Waals surface area contributed by atoms with E-state index in [-0.39, 0.29) is 22.8 Å². The van der Waals surface area contributed by atoms with E-state index in [4.69, 9.17) is 9.15 Å². The van der Waals surface area contributed by atoms with Crippen LogP contribution in [0.2, 0.25) is 0 Å². The maximum absolute atomic E-state index is 13.3. The van der Waals surface area contributed by atoms with Crippen molar-refractivity contribution in [2.24, 2.45) is 0 Å². The highest BCUT2D eigenvalue weighted by molar-refractivity contribution is 6.20. The molecule has 8 heteroatoms. The van der Waals surface area contributed by atoms with Crippen LogP contribution in [0.15, 0.2) is 76.6 Å². The Hall–Kier alpha value is -4.20. The number of phenolic OH excluding ortho intramolecular Hbond substituents is 1. The summed E-state index contributed by atoms with van der Waals surface area (Å²) >= 11 is 0. The van der Waals surface area contributed by atoms with Crippen LogP contribution in [0.5, 0.6) is 11.5 Å². The van der Waals surface area contributed by atoms with Crippen molar-refractivity contribution in [3.05, 3.63) is 83.5 Å². The number of aliphatic hydroxyl groups excluding tert-OH is 1. The summed E-state index contributed by atoms with van der Waals surface area (Å²) < 4.78 is 10.7. The van der Waals surface area contributed by atoms with Gasteiger partial charge in [-0.15, -0.1) is 0 Å². The van der Waals surface area contributed by atoms with E-state index in [0.717, 1.165) is 5.69 Å². The van der Waals surface area contributed by atoms with Crippen LogP contribution in [0.4, 0.5) is 11.4 Å². The first-order chi connectivity index (χ1) is 15.8. The molecule has 1 amide bonds. The van der Waals surface area contributed by atoms with Gasteiger partial charge in [0.15, 0.2) is 23.0 Å². The van der Waals surface area contributed by atoms with Gasteiger partial charge in [0.1, 0.15) is 0 Å². The van der Waals surface area contributed by atoms with Crippen molar-refractivity contribution in [3.8, 4) is 11.5 Å². The van der Waals surface area contributed by atoms with Crippen molar-refractivity contribution >= 4 is 23.1 Å². The fourth-order valence-corrected chi connectivity index (χ4v) is 3.84. The lowest BCUT2D eigenvalue weighted by Gasteiger charge is -2.27. The number of anilines is 2. The molecule has 0 radical (unpaired) electrons. The van der Waals surface area contributed by atoms with Crippen LogP contribution in [-0.2, 0) is 4.79 Å². The summed E-state index contributed by atoms with van der Waals surface area (Å²) in [7, 11) is 3.80. The second-order valence-corrected chi connectivity index (χ2v) is 7.72. The van der Waals surface area contributed by atoms with Gasteiger partial charge in [0, 0.05) is 25.5 Å². The van der Waals surface area contributed by atoms with Crippen molar-refractivity contribution in [2.75, 3.05) is 30.5 Å². The van der Waals surface area contributed by atoms with E-state index in [1.54, 1.807) is 37.3 Å². The number of carbonyl (C=O) groups is 2. The maximum atomic E-state index is 13.3. The smallest absolute Gasteiger partial charge is 0.294 e. The van der Waals surface area contributed by atoms with Crippen LogP contribution in [0.1, 0.15) is 29.1 Å². The first-order valence-corrected chi connectivity index (χ1v) is 10.4. The molecule has 0 bridgehead atoms. The Morgan fingerprint density at radius 2 is 1.85 bits per heavy atom. The second-order valence-electron chi connectivity index (χ2n) is 7.72. The number of hydrogen-bond acceptors (Lipinski definition) is 7. The number of aliphatic hydroxyl groups is 1. The highest BCUT2D eigenvalue weighted by Crippen LogP contribution is 2.44. The minimum atomic E-state index is -0.958. The maximum Gasteiger partial charge on any atom is 0.294 e. The number of furan rings is 1. The Balaban J connectivity index is 1.87. The molecule has 0 fully saturated rings. The number of Topliss-reactive ketones (excluding diaryl/α,β-unsaturated/α-hetero) is 1. The van der Waals surface area contributed by atoms with Gasteiger partial charge in [0.25, 0.3) is 5.91 Å². The summed E-state index contributed by atoms with van der Waals surface area (Å²) in [4.78, 5) is 29.8. The third-order valence-corrected chi connectivity index (χ3v) is 5.44. The number of ether oxygens (including phenoxy) is 1. The lowest BCUT2D eigenvalue weighted by Crippen LogP contribution is -2.31. The predicted molar refractivity (Wildman–Crippen MR) is 123 cm³/mol. The van der Waals surface area contributed by atoms with Gasteiger partial charge in [-0.05, 0) is 61.0 Å². The summed E-state index contributed by atoms with van der Waals surface area (Å²) in [5.41, 5.74) is 1.80. The summed E-state index contributed by atoms with van der Waals surface area (Å²) in [6.45, 7) is 2.09. The van der Waals surface area contributed by atoms with Gasteiger partial charge in [-0.1, -0.05) is 6.07 Å². The fraction of sp³-hybridized carbons (Fsp3) is 0.200. The standard InChI is InChI=1S/C25H24N2O6/c1-4-32-20-14-15(7-12-18(20)28)22-21(23(29)19-6-5-13-33-19)24(30)25(31)27(22)17-10-8-16(9-11-17)26(2)3/h5-14,22,28,30H,4H2,1-3H3. The minimum Gasteiger partial charge on any atom is -0.504 e. The van der Waals surface area contributed by atoms with Crippen LogP contribution < -0.4 is 14.5 Å². The summed E-state index contributed by atoms with van der Waals surface area (Å²) in [6.07, 6.45) is 1.35. The zero-order valence-electron chi connectivity index (χ0n) is 18.5. The largest absolute Gasteiger partial charge is 0.504 e. The SMILES string of the molecule is CCOc1cc(C2C(C(=O)c3ccco3)=C(O)C(=O)N2c2ccc(N(C)C)cc2)ccc1O. The van der Waals surface area contributed by atoms with Crippen molar-refractivity contribution < 1.29 is 29.0 Å². The number of ketones is 1. The zero-order chi connectivity index (χ0) is 23.7. The normalized spacial score (nSPS) is 15.8. The van der Waals surface area contributed by atoms with Gasteiger partial charge in [-0.3, -0.25) is 14.5 Å². The molecular formula is C25H24N2O6. The Bertz CT molecular complexity index is 1210. The van der Waals surface area contributed by atoms with Gasteiger partial charge >= 0.3 is 0 Å². The van der Waals surface area contributed by atoms with Gasteiger partial charge in [0.2, 0.25) is 5.78 Å². The number of amides is 1. The molecule has 33 heavy (non-hydrogen) atoms. The predicted octanol–water partition coefficient (Wildman–Crippen LogP) is 4.23. The fourth-order valence-electron chi connectivity index (χ4n) is 3.84. The molecule has 4 rings (SSSR count). The Morgan fingerprint density at radius 1 is 1.12 bits per heavy atom. The molecule has 2 aromatic carbocycles. The molecule has 1 unspecified atom stereocenters. The van der Waals surface area contributed by atoms with E-state index in [9.17, 15) is 19.8 Å². The molecule has 0 aliphatic carbocycles. The van der Waals surface area contributed by atoms with E-state index >= 15 is 0 Å². The number of aromatic hydroxyl groups is 1. The molecule has 0 saturated carbocycles. The molecule has 8 nitrogen and oxygen atoms in total. The monoisotopic (exact) mass is 448 g/mol. The lowest BCUT2D eigenvalue weighted by atomic mass is 9.94. The molecule has 2 heterocycles. The van der Waals surface area contributed by atoms with E-state index in [0.29, 0.717) is 17.9 Å². The molecule has 0 spiro atoms. The zero-order valence-corrected chi connectivity index (χ0v) is 18.5. The number of benzene rings is 2. The Kier molecular flexibility index (Phi) is 5.83. The quantitative estimate of drug-likeness (QED) is 0.521. The Labute approximate surface area is 190 Å². The van der Waals surface area contributed by atoms with Crippen LogP contribution in [0.25, 0.3) is 0 Å². The highest BCUT2D eigenvalue weighted by atomic mass is 16.5. The molecular weight excluding hydrogens is 424 g/mol. The molecule has 1 aromatic heterocycles. The topological polar surface area (TPSA) is 103 Å². The molecule has 170 valence electrons. The van der Waals surface area contributed by atoms with Gasteiger partial charge in [0.05, 0.1) is 24.5 Å². The second kappa shape index (κ2) is 8.74. The number of carbonyl (C=O) groups excluding carboxylic acids is 2. The van der Waals surface area contributed by atoms with Gasteiger partial charge < -0.3 is 24.3 Å². The van der Waals surface area contributed by atoms with Crippen molar-refractivity contribution in [1.29, 1.82) is 0 Å². The van der Waals surface area contributed by atoms with Gasteiger partial charge in [-0.25, -0.2) is 0 Å². The number of phenols is 1. The van der Waals surface area contributed by atoms with Crippen LogP contribution >= 0.6 is 0 Å². The summed E-state index contributed by atoms with van der Waals surface area (Å²) in [5, 5.41) is 20.9. The van der Waals surface area contributed by atoms with Crippen molar-refractivity contribution in [2.45, 2.75) is 13.0 Å². The summed E-state index contributed by atoms with van der Waals surface area (Å²) in [5.74, 6) is -1.82. The number of hydrogen-bond donors (Lipinski definition) is 2. The molecule has 3 aromatic rings. The highest BCUT2D eigenvalue weighted by Gasteiger charge is 2.45. The van der Waals surface area contributed by atoms with E-state index in [2.05, 4.69) is 0 Å². The molecule has 2 N–H and O–H groups in total. The third kappa shape index (κ3) is 3.91. The minimum absolute atomic E-state index is 0.00275. The van der Waals surface area contributed by atoms with Crippen LogP contribution in [-0.4, -0.2) is 42.6 Å². The first kappa shape index (κ1) is 22.0. The average molecular weight is 448 g/mol. The number of rotatable bonds is 7. The first-order valence-electron chi connectivity index (χ1n) is 10.4.